The average Bonchev–Trinajstić information content (AvgIpc) is 3.26. The maximum atomic E-state index is 13.8. The second-order valence-corrected chi connectivity index (χ2v) is 11.1. The molecule has 3 aromatic heterocycles. The lowest BCUT2D eigenvalue weighted by atomic mass is 9.85. The van der Waals surface area contributed by atoms with E-state index in [2.05, 4.69) is 21.4 Å². The summed E-state index contributed by atoms with van der Waals surface area (Å²) in [6.45, 7) is 3.77. The smallest absolute Gasteiger partial charge is 0.333 e. The van der Waals surface area contributed by atoms with Crippen LogP contribution in [0.3, 0.4) is 0 Å². The minimum absolute atomic E-state index is 0.0552. The van der Waals surface area contributed by atoms with E-state index < -0.39 is 0 Å². The van der Waals surface area contributed by atoms with Crippen molar-refractivity contribution in [2.45, 2.75) is 51.6 Å². The lowest BCUT2D eigenvalue weighted by Gasteiger charge is -2.29. The number of carbonyl (C=O) groups is 1. The van der Waals surface area contributed by atoms with Crippen LogP contribution in [0.4, 0.5) is 0 Å². The molecule has 0 radical (unpaired) electrons. The molecule has 1 aliphatic heterocycles. The molecule has 0 spiro atoms. The molecule has 1 N–H and O–H groups in total. The van der Waals surface area contributed by atoms with Gasteiger partial charge < -0.3 is 10.1 Å². The van der Waals surface area contributed by atoms with Gasteiger partial charge >= 0.3 is 5.69 Å². The summed E-state index contributed by atoms with van der Waals surface area (Å²) >= 11 is 6.05. The molecule has 2 aliphatic rings. The van der Waals surface area contributed by atoms with Crippen molar-refractivity contribution in [3.05, 3.63) is 93.4 Å². The molecule has 8 nitrogen and oxygen atoms in total. The molecule has 1 aliphatic carbocycles. The Balaban J connectivity index is 1.17. The van der Waals surface area contributed by atoms with Crippen molar-refractivity contribution in [2.75, 3.05) is 13.2 Å². The SMILES string of the molecule is Cc1ncc(Cl)cc1C(=O)N[C@H]1CC[C@H](Cn2c(=O)n(-c3ccc(C4=CCOCC4)nc3)c3ccccc32)CC1. The molecule has 4 heterocycles. The van der Waals surface area contributed by atoms with Crippen LogP contribution in [0.2, 0.25) is 5.02 Å². The van der Waals surface area contributed by atoms with Gasteiger partial charge in [-0.15, -0.1) is 0 Å². The third-order valence-corrected chi connectivity index (χ3v) is 8.26. The number of ether oxygens (including phenoxy) is 1. The number of aryl methyl sites for hydroxylation is 1. The highest BCUT2D eigenvalue weighted by atomic mass is 35.5. The molecule has 206 valence electrons. The second-order valence-electron chi connectivity index (χ2n) is 10.7. The Morgan fingerprint density at radius 1 is 1.07 bits per heavy atom. The van der Waals surface area contributed by atoms with Crippen molar-refractivity contribution in [1.29, 1.82) is 0 Å². The van der Waals surface area contributed by atoms with E-state index in [1.54, 1.807) is 23.0 Å². The summed E-state index contributed by atoms with van der Waals surface area (Å²) in [7, 11) is 0. The van der Waals surface area contributed by atoms with E-state index in [0.29, 0.717) is 42.0 Å². The molecule has 1 saturated carbocycles. The highest BCUT2D eigenvalue weighted by molar-refractivity contribution is 6.30. The van der Waals surface area contributed by atoms with Gasteiger partial charge in [-0.3, -0.25) is 23.9 Å². The summed E-state index contributed by atoms with van der Waals surface area (Å²) in [4.78, 5) is 35.5. The van der Waals surface area contributed by atoms with Crippen molar-refractivity contribution in [1.82, 2.24) is 24.4 Å². The summed E-state index contributed by atoms with van der Waals surface area (Å²) in [6, 6.07) is 13.6. The van der Waals surface area contributed by atoms with Crippen molar-refractivity contribution in [3.8, 4) is 5.69 Å². The molecule has 1 aromatic carbocycles. The number of rotatable bonds is 6. The van der Waals surface area contributed by atoms with Gasteiger partial charge in [0.25, 0.3) is 5.91 Å². The van der Waals surface area contributed by atoms with Crippen LogP contribution >= 0.6 is 11.6 Å². The van der Waals surface area contributed by atoms with E-state index in [9.17, 15) is 9.59 Å². The quantitative estimate of drug-likeness (QED) is 0.346. The molecular weight excluding hydrogens is 526 g/mol. The van der Waals surface area contributed by atoms with Gasteiger partial charge in [0.1, 0.15) is 0 Å². The fraction of sp³-hybridized carbons (Fsp3) is 0.355. The molecule has 0 unspecified atom stereocenters. The second kappa shape index (κ2) is 11.4. The first-order chi connectivity index (χ1) is 19.5. The molecule has 0 atom stereocenters. The average molecular weight is 558 g/mol. The highest BCUT2D eigenvalue weighted by Gasteiger charge is 2.26. The number of fused-ring (bicyclic) bond motifs is 1. The van der Waals surface area contributed by atoms with Crippen LogP contribution in [0.25, 0.3) is 22.3 Å². The number of pyridine rings is 2. The van der Waals surface area contributed by atoms with Gasteiger partial charge in [-0.1, -0.05) is 29.8 Å². The first-order valence-corrected chi connectivity index (χ1v) is 14.2. The Bertz CT molecular complexity index is 1630. The molecule has 1 fully saturated rings. The largest absolute Gasteiger partial charge is 0.377 e. The van der Waals surface area contributed by atoms with Crippen LogP contribution < -0.4 is 11.0 Å². The van der Waals surface area contributed by atoms with Crippen LogP contribution in [0, 0.1) is 12.8 Å². The van der Waals surface area contributed by atoms with E-state index in [-0.39, 0.29) is 17.6 Å². The van der Waals surface area contributed by atoms with Crippen molar-refractivity contribution >= 4 is 34.1 Å². The van der Waals surface area contributed by atoms with Crippen LogP contribution in [-0.4, -0.2) is 44.3 Å². The fourth-order valence-corrected chi connectivity index (χ4v) is 6.01. The third-order valence-electron chi connectivity index (χ3n) is 8.05. The Kier molecular flexibility index (Phi) is 7.54. The zero-order valence-corrected chi connectivity index (χ0v) is 23.2. The monoisotopic (exact) mass is 557 g/mol. The lowest BCUT2D eigenvalue weighted by Crippen LogP contribution is -2.39. The number of imidazole rings is 1. The van der Waals surface area contributed by atoms with Crippen LogP contribution in [0.1, 0.15) is 53.8 Å². The van der Waals surface area contributed by atoms with Gasteiger partial charge in [0.15, 0.2) is 0 Å². The first-order valence-electron chi connectivity index (χ1n) is 13.8. The topological polar surface area (TPSA) is 91.0 Å². The maximum absolute atomic E-state index is 13.8. The Morgan fingerprint density at radius 2 is 1.88 bits per heavy atom. The highest BCUT2D eigenvalue weighted by Crippen LogP contribution is 2.28. The minimum atomic E-state index is -0.136. The van der Waals surface area contributed by atoms with Gasteiger partial charge in [0.05, 0.1) is 58.1 Å². The normalized spacial score (nSPS) is 19.4. The van der Waals surface area contributed by atoms with Gasteiger partial charge in [-0.05, 0) is 80.9 Å². The number of halogens is 1. The number of amides is 1. The van der Waals surface area contributed by atoms with Crippen LogP contribution in [0.5, 0.6) is 0 Å². The Morgan fingerprint density at radius 3 is 2.60 bits per heavy atom. The van der Waals surface area contributed by atoms with E-state index >= 15 is 0 Å². The standard InChI is InChI=1S/C31H32ClN5O3/c1-20-26(16-23(32)17-33-20)30(38)35-24-8-6-21(7-9-24)19-36-28-4-2-3-5-29(28)37(31(36)39)25-10-11-27(34-18-25)22-12-14-40-15-13-22/h2-5,10-12,16-18,21,24H,6-9,13-15,19H2,1H3,(H,35,38)/t21-,24-. The number of nitrogens with one attached hydrogen (secondary N) is 1. The Hall–Kier alpha value is -3.75. The van der Waals surface area contributed by atoms with Gasteiger partial charge in [-0.2, -0.15) is 0 Å². The third kappa shape index (κ3) is 5.33. The maximum Gasteiger partial charge on any atom is 0.333 e. The molecule has 0 saturated heterocycles. The molecule has 0 bridgehead atoms. The van der Waals surface area contributed by atoms with Crippen molar-refractivity contribution < 1.29 is 9.53 Å². The zero-order valence-electron chi connectivity index (χ0n) is 22.5. The van der Waals surface area contributed by atoms with Crippen LogP contribution in [-0.2, 0) is 11.3 Å². The predicted octanol–water partition coefficient (Wildman–Crippen LogP) is 5.34. The minimum Gasteiger partial charge on any atom is -0.377 e. The van der Waals surface area contributed by atoms with Gasteiger partial charge in [-0.25, -0.2) is 4.79 Å². The van der Waals surface area contributed by atoms with E-state index in [1.165, 1.54) is 5.57 Å². The number of para-hydroxylation sites is 2. The summed E-state index contributed by atoms with van der Waals surface area (Å²) in [5.41, 5.74) is 5.78. The molecule has 4 aromatic rings. The van der Waals surface area contributed by atoms with Crippen LogP contribution in [0.15, 0.2) is 65.7 Å². The van der Waals surface area contributed by atoms with Gasteiger partial charge in [0, 0.05) is 18.8 Å². The van der Waals surface area contributed by atoms with Crippen molar-refractivity contribution in [3.63, 3.8) is 0 Å². The zero-order chi connectivity index (χ0) is 27.6. The Labute approximate surface area is 237 Å². The molecule has 6 rings (SSSR count). The summed E-state index contributed by atoms with van der Waals surface area (Å²) in [5.74, 6) is 0.212. The van der Waals surface area contributed by atoms with Gasteiger partial charge in [0.2, 0.25) is 0 Å². The fourth-order valence-electron chi connectivity index (χ4n) is 5.85. The number of aromatic nitrogens is 4. The molecular formula is C31H32ClN5O3. The van der Waals surface area contributed by atoms with E-state index in [4.69, 9.17) is 16.3 Å². The summed E-state index contributed by atoms with van der Waals surface area (Å²) in [6.07, 6.45) is 9.83. The number of benzene rings is 1. The van der Waals surface area contributed by atoms with Crippen molar-refractivity contribution in [2.24, 2.45) is 5.92 Å². The molecule has 1 amide bonds. The number of nitrogens with zero attached hydrogens (tertiary/aromatic N) is 4. The van der Waals surface area contributed by atoms with E-state index in [1.807, 2.05) is 47.9 Å². The number of hydrogen-bond acceptors (Lipinski definition) is 5. The van der Waals surface area contributed by atoms with E-state index in [0.717, 1.165) is 54.5 Å². The summed E-state index contributed by atoms with van der Waals surface area (Å²) < 4.78 is 9.07. The predicted molar refractivity (Wildman–Crippen MR) is 156 cm³/mol. The number of carbonyl (C=O) groups excluding carboxylic acids is 1. The molecule has 40 heavy (non-hydrogen) atoms. The first kappa shape index (κ1) is 26.5. The molecule has 9 heteroatoms. The number of hydrogen-bond donors (Lipinski definition) is 1. The lowest BCUT2D eigenvalue weighted by molar-refractivity contribution is 0.0919. The summed E-state index contributed by atoms with van der Waals surface area (Å²) in [5, 5.41) is 3.61.